The number of carbonyl (C=O) groups is 1. The summed E-state index contributed by atoms with van der Waals surface area (Å²) in [5.74, 6) is 0.362. The molecule has 0 fully saturated rings. The number of benzene rings is 2. The van der Waals surface area contributed by atoms with Crippen molar-refractivity contribution in [3.8, 4) is 28.3 Å². The first-order valence-electron chi connectivity index (χ1n) is 9.68. The Morgan fingerprint density at radius 2 is 1.97 bits per heavy atom. The van der Waals surface area contributed by atoms with Gasteiger partial charge in [-0.1, -0.05) is 30.8 Å². The van der Waals surface area contributed by atoms with Gasteiger partial charge in [0.25, 0.3) is 0 Å². The molecule has 150 valence electrons. The highest BCUT2D eigenvalue weighted by Gasteiger charge is 2.14. The average Bonchev–Trinajstić information content (AvgIpc) is 3.22. The maximum absolute atomic E-state index is 11.8. The molecule has 4 rings (SSSR count). The van der Waals surface area contributed by atoms with Gasteiger partial charge in [-0.2, -0.15) is 0 Å². The summed E-state index contributed by atoms with van der Waals surface area (Å²) in [7, 11) is 1.61. The molecule has 0 radical (unpaired) electrons. The van der Waals surface area contributed by atoms with E-state index in [-0.39, 0.29) is 5.91 Å². The fourth-order valence-corrected chi connectivity index (χ4v) is 3.66. The van der Waals surface area contributed by atoms with Gasteiger partial charge >= 0.3 is 0 Å². The van der Waals surface area contributed by atoms with Crippen LogP contribution in [0.5, 0.6) is 5.88 Å². The smallest absolute Gasteiger partial charge is 0.247 e. The number of fused-ring (bicyclic) bond motifs is 1. The van der Waals surface area contributed by atoms with E-state index in [2.05, 4.69) is 53.1 Å². The Bertz CT molecular complexity index is 1250. The molecule has 0 saturated carbocycles. The van der Waals surface area contributed by atoms with Crippen molar-refractivity contribution >= 4 is 22.5 Å². The van der Waals surface area contributed by atoms with Crippen LogP contribution in [0.4, 0.5) is 5.69 Å². The van der Waals surface area contributed by atoms with Gasteiger partial charge in [-0.15, -0.1) is 0 Å². The topological polar surface area (TPSA) is 67.0 Å². The van der Waals surface area contributed by atoms with E-state index in [4.69, 9.17) is 4.74 Å². The average molecular weight is 397 g/mol. The van der Waals surface area contributed by atoms with Crippen LogP contribution in [0, 0.1) is 13.8 Å². The Morgan fingerprint density at radius 1 is 1.13 bits per heavy atom. The van der Waals surface area contributed by atoms with Crippen molar-refractivity contribution in [3.63, 3.8) is 0 Å². The largest absolute Gasteiger partial charge is 0.481 e. The van der Waals surface area contributed by atoms with Crippen LogP contribution in [0.3, 0.4) is 0 Å². The van der Waals surface area contributed by atoms with Gasteiger partial charge in [-0.05, 0) is 60.4 Å². The molecule has 0 spiro atoms. The van der Waals surface area contributed by atoms with E-state index < -0.39 is 0 Å². The molecule has 2 heterocycles. The van der Waals surface area contributed by atoms with Crippen LogP contribution in [0.15, 0.2) is 67.4 Å². The Morgan fingerprint density at radius 3 is 2.67 bits per heavy atom. The number of hydrogen-bond donors (Lipinski definition) is 2. The van der Waals surface area contributed by atoms with Crippen molar-refractivity contribution < 1.29 is 9.53 Å². The predicted octanol–water partition coefficient (Wildman–Crippen LogP) is 5.65. The van der Waals surface area contributed by atoms with E-state index in [9.17, 15) is 4.79 Å². The molecule has 0 aliphatic heterocycles. The minimum Gasteiger partial charge on any atom is -0.481 e. The summed E-state index contributed by atoms with van der Waals surface area (Å²) < 4.78 is 5.16. The van der Waals surface area contributed by atoms with Crippen molar-refractivity contribution in [2.75, 3.05) is 12.4 Å². The summed E-state index contributed by atoms with van der Waals surface area (Å²) >= 11 is 0. The summed E-state index contributed by atoms with van der Waals surface area (Å²) in [6.07, 6.45) is 3.08. The Labute approximate surface area is 175 Å². The molecule has 2 aromatic carbocycles. The van der Waals surface area contributed by atoms with Crippen LogP contribution in [0.25, 0.3) is 33.3 Å². The maximum Gasteiger partial charge on any atom is 0.247 e. The van der Waals surface area contributed by atoms with E-state index in [0.717, 1.165) is 50.1 Å². The number of rotatable bonds is 5. The normalized spacial score (nSPS) is 10.8. The van der Waals surface area contributed by atoms with Crippen LogP contribution in [-0.4, -0.2) is 23.0 Å². The highest BCUT2D eigenvalue weighted by Crippen LogP contribution is 2.37. The number of amides is 1. The molecular formula is C25H23N3O2. The van der Waals surface area contributed by atoms with Gasteiger partial charge in [-0.3, -0.25) is 4.79 Å². The zero-order valence-corrected chi connectivity index (χ0v) is 17.2. The summed E-state index contributed by atoms with van der Waals surface area (Å²) in [4.78, 5) is 19.7. The lowest BCUT2D eigenvalue weighted by atomic mass is 9.95. The van der Waals surface area contributed by atoms with Crippen molar-refractivity contribution in [3.05, 3.63) is 78.5 Å². The summed E-state index contributed by atoms with van der Waals surface area (Å²) in [5, 5.41) is 4.01. The van der Waals surface area contributed by atoms with Gasteiger partial charge < -0.3 is 15.0 Å². The van der Waals surface area contributed by atoms with E-state index in [0.29, 0.717) is 5.88 Å². The molecule has 2 aromatic heterocycles. The third kappa shape index (κ3) is 3.46. The molecule has 0 aliphatic rings. The molecule has 0 saturated heterocycles. The number of carbonyl (C=O) groups excluding carboxylic acids is 1. The molecule has 1 amide bonds. The number of ether oxygens (including phenoxy) is 1. The summed E-state index contributed by atoms with van der Waals surface area (Å²) in [6.45, 7) is 7.64. The van der Waals surface area contributed by atoms with E-state index in [1.54, 1.807) is 13.3 Å². The molecule has 4 aromatic rings. The number of aromatic nitrogens is 2. The molecule has 0 atom stereocenters. The van der Waals surface area contributed by atoms with Crippen molar-refractivity contribution in [2.45, 2.75) is 13.8 Å². The third-order valence-corrected chi connectivity index (χ3v) is 5.33. The fraction of sp³-hybridized carbons (Fsp3) is 0.120. The van der Waals surface area contributed by atoms with Crippen LogP contribution in [0.2, 0.25) is 0 Å². The number of H-pyrrole nitrogens is 1. The van der Waals surface area contributed by atoms with Gasteiger partial charge in [0.2, 0.25) is 11.8 Å². The van der Waals surface area contributed by atoms with Gasteiger partial charge in [0.15, 0.2) is 0 Å². The molecular weight excluding hydrogens is 374 g/mol. The number of hydrogen-bond acceptors (Lipinski definition) is 3. The summed E-state index contributed by atoms with van der Waals surface area (Å²) in [5.41, 5.74) is 8.18. The zero-order valence-electron chi connectivity index (χ0n) is 17.2. The standard InChI is InChI=1S/C25H23N3O2/c1-5-23(29)27-21-8-6-7-18(16(21)3)19-11-9-15(2)25-20(19)13-22(28-25)17-10-12-24(30-4)26-14-17/h5-14,28H,1H2,2-4H3,(H,27,29). The minimum atomic E-state index is -0.222. The number of pyridine rings is 1. The van der Waals surface area contributed by atoms with Crippen LogP contribution in [0.1, 0.15) is 11.1 Å². The number of nitrogens with one attached hydrogen (secondary N) is 2. The molecule has 0 bridgehead atoms. The van der Waals surface area contributed by atoms with Gasteiger partial charge in [0.05, 0.1) is 7.11 Å². The van der Waals surface area contributed by atoms with Crippen molar-refractivity contribution in [1.82, 2.24) is 9.97 Å². The first kappa shape index (κ1) is 19.5. The molecule has 30 heavy (non-hydrogen) atoms. The van der Waals surface area contributed by atoms with E-state index in [1.165, 1.54) is 6.08 Å². The van der Waals surface area contributed by atoms with Crippen LogP contribution < -0.4 is 10.1 Å². The second kappa shape index (κ2) is 7.87. The van der Waals surface area contributed by atoms with Gasteiger partial charge in [0, 0.05) is 40.1 Å². The lowest BCUT2D eigenvalue weighted by Crippen LogP contribution is -2.08. The Hall–Kier alpha value is -3.86. The highest BCUT2D eigenvalue weighted by molar-refractivity contribution is 6.03. The summed E-state index contributed by atoms with van der Waals surface area (Å²) in [6, 6.07) is 16.2. The Kier molecular flexibility index (Phi) is 5.11. The number of anilines is 1. The second-order valence-corrected chi connectivity index (χ2v) is 7.16. The zero-order chi connectivity index (χ0) is 21.3. The van der Waals surface area contributed by atoms with E-state index >= 15 is 0 Å². The van der Waals surface area contributed by atoms with Gasteiger partial charge in [-0.25, -0.2) is 4.98 Å². The monoisotopic (exact) mass is 397 g/mol. The molecule has 0 aliphatic carbocycles. The van der Waals surface area contributed by atoms with Crippen molar-refractivity contribution in [1.29, 1.82) is 0 Å². The molecule has 2 N–H and O–H groups in total. The maximum atomic E-state index is 11.8. The minimum absolute atomic E-state index is 0.222. The predicted molar refractivity (Wildman–Crippen MR) is 122 cm³/mol. The number of aryl methyl sites for hydroxylation is 1. The highest BCUT2D eigenvalue weighted by atomic mass is 16.5. The lowest BCUT2D eigenvalue weighted by molar-refractivity contribution is -0.111. The SMILES string of the molecule is C=CC(=O)Nc1cccc(-c2ccc(C)c3[nH]c(-c4ccc(OC)nc4)cc23)c1C. The molecule has 5 heteroatoms. The lowest BCUT2D eigenvalue weighted by Gasteiger charge is -2.13. The first-order chi connectivity index (χ1) is 14.5. The van der Waals surface area contributed by atoms with Gasteiger partial charge in [0.1, 0.15) is 0 Å². The molecule has 5 nitrogen and oxygen atoms in total. The number of nitrogens with zero attached hydrogens (tertiary/aromatic N) is 1. The van der Waals surface area contributed by atoms with E-state index in [1.807, 2.05) is 31.2 Å². The van der Waals surface area contributed by atoms with Crippen LogP contribution >= 0.6 is 0 Å². The second-order valence-electron chi connectivity index (χ2n) is 7.16. The van der Waals surface area contributed by atoms with Crippen LogP contribution in [-0.2, 0) is 4.79 Å². The Balaban J connectivity index is 1.85. The first-order valence-corrected chi connectivity index (χ1v) is 9.68. The van der Waals surface area contributed by atoms with Crippen molar-refractivity contribution in [2.24, 2.45) is 0 Å². The fourth-order valence-electron chi connectivity index (χ4n) is 3.66. The third-order valence-electron chi connectivity index (χ3n) is 5.33. The molecule has 0 unspecified atom stereocenters. The quantitative estimate of drug-likeness (QED) is 0.428. The number of methoxy groups -OCH3 is 1. The number of aromatic amines is 1.